The second-order valence-electron chi connectivity index (χ2n) is 8.48. The molecular weight excluding hydrogens is 408 g/mol. The summed E-state index contributed by atoms with van der Waals surface area (Å²) < 4.78 is 5.98. The SMILES string of the molecule is O=C(NCCO)c1cc(C2CN(C(=O)CN3CCCCCC3)CCO2)nc2ccccc12. The van der Waals surface area contributed by atoms with Crippen molar-refractivity contribution in [3.63, 3.8) is 0 Å². The molecule has 0 saturated carbocycles. The number of aliphatic hydroxyl groups is 1. The first kappa shape index (κ1) is 22.6. The van der Waals surface area contributed by atoms with Crippen molar-refractivity contribution in [2.45, 2.75) is 31.8 Å². The first-order valence-electron chi connectivity index (χ1n) is 11.6. The van der Waals surface area contributed by atoms with Crippen LogP contribution < -0.4 is 5.32 Å². The number of nitrogens with one attached hydrogen (secondary N) is 1. The number of aliphatic hydroxyl groups excluding tert-OH is 1. The summed E-state index contributed by atoms with van der Waals surface area (Å²) in [4.78, 5) is 34.6. The molecule has 2 N–H and O–H groups in total. The van der Waals surface area contributed by atoms with E-state index >= 15 is 0 Å². The second kappa shape index (κ2) is 10.8. The van der Waals surface area contributed by atoms with Gasteiger partial charge in [0.2, 0.25) is 5.91 Å². The molecule has 2 aliphatic rings. The zero-order chi connectivity index (χ0) is 22.3. The van der Waals surface area contributed by atoms with Crippen LogP contribution in [0.5, 0.6) is 0 Å². The number of amides is 2. The van der Waals surface area contributed by atoms with Crippen LogP contribution in [0.4, 0.5) is 0 Å². The number of hydrogen-bond acceptors (Lipinski definition) is 6. The quantitative estimate of drug-likeness (QED) is 0.711. The molecular formula is C24H32N4O4. The Kier molecular flexibility index (Phi) is 7.68. The molecule has 0 radical (unpaired) electrons. The van der Waals surface area contributed by atoms with Crippen molar-refractivity contribution in [3.05, 3.63) is 41.6 Å². The highest BCUT2D eigenvalue weighted by molar-refractivity contribution is 6.06. The number of likely N-dealkylation sites (tertiary alicyclic amines) is 1. The third-order valence-corrected chi connectivity index (χ3v) is 6.18. The monoisotopic (exact) mass is 440 g/mol. The molecule has 2 fully saturated rings. The largest absolute Gasteiger partial charge is 0.395 e. The molecule has 0 bridgehead atoms. The molecule has 2 saturated heterocycles. The minimum atomic E-state index is -0.383. The highest BCUT2D eigenvalue weighted by Crippen LogP contribution is 2.26. The molecule has 32 heavy (non-hydrogen) atoms. The van der Waals surface area contributed by atoms with Crippen molar-refractivity contribution in [2.24, 2.45) is 0 Å². The zero-order valence-corrected chi connectivity index (χ0v) is 18.5. The Morgan fingerprint density at radius 1 is 1.12 bits per heavy atom. The lowest BCUT2D eigenvalue weighted by molar-refractivity contribution is -0.140. The Bertz CT molecular complexity index is 943. The highest BCUT2D eigenvalue weighted by atomic mass is 16.5. The maximum absolute atomic E-state index is 13.0. The first-order chi connectivity index (χ1) is 15.7. The average molecular weight is 441 g/mol. The van der Waals surface area contributed by atoms with Gasteiger partial charge in [-0.2, -0.15) is 0 Å². The summed E-state index contributed by atoms with van der Waals surface area (Å²) in [6.45, 7) is 3.92. The third-order valence-electron chi connectivity index (χ3n) is 6.18. The smallest absolute Gasteiger partial charge is 0.252 e. The van der Waals surface area contributed by atoms with E-state index in [1.54, 1.807) is 6.07 Å². The summed E-state index contributed by atoms with van der Waals surface area (Å²) in [5, 5.41) is 12.5. The molecule has 2 aromatic rings. The van der Waals surface area contributed by atoms with Gasteiger partial charge in [0.05, 0.1) is 43.1 Å². The number of rotatable bonds is 6. The molecule has 0 spiro atoms. The van der Waals surface area contributed by atoms with Gasteiger partial charge in [-0.1, -0.05) is 31.0 Å². The van der Waals surface area contributed by atoms with E-state index in [0.717, 1.165) is 31.3 Å². The zero-order valence-electron chi connectivity index (χ0n) is 18.5. The Morgan fingerprint density at radius 2 is 1.91 bits per heavy atom. The van der Waals surface area contributed by atoms with Crippen molar-refractivity contribution in [2.75, 3.05) is 52.5 Å². The van der Waals surface area contributed by atoms with Gasteiger partial charge in [0.25, 0.3) is 5.91 Å². The van der Waals surface area contributed by atoms with E-state index in [1.807, 2.05) is 29.2 Å². The fourth-order valence-electron chi connectivity index (χ4n) is 4.45. The van der Waals surface area contributed by atoms with Crippen LogP contribution in [-0.2, 0) is 9.53 Å². The molecule has 172 valence electrons. The molecule has 1 unspecified atom stereocenters. The summed E-state index contributed by atoms with van der Waals surface area (Å²) in [5.74, 6) is -0.134. The Hall–Kier alpha value is -2.55. The Morgan fingerprint density at radius 3 is 2.69 bits per heavy atom. The number of fused-ring (bicyclic) bond motifs is 1. The van der Waals surface area contributed by atoms with E-state index in [4.69, 9.17) is 14.8 Å². The summed E-state index contributed by atoms with van der Waals surface area (Å²) in [5.41, 5.74) is 1.84. The maximum atomic E-state index is 13.0. The van der Waals surface area contributed by atoms with E-state index < -0.39 is 0 Å². The van der Waals surface area contributed by atoms with E-state index in [1.165, 1.54) is 12.8 Å². The molecule has 0 aliphatic carbocycles. The number of para-hydroxylation sites is 1. The standard InChI is InChI=1S/C24H32N4O4/c29-13-9-25-24(31)19-15-21(26-20-8-4-3-7-18(19)20)22-16-28(12-14-32-22)23(30)17-27-10-5-1-2-6-11-27/h3-4,7-8,15,22,29H,1-2,5-6,9-14,16-17H2,(H,25,31). The van der Waals surface area contributed by atoms with Crippen LogP contribution in [0.2, 0.25) is 0 Å². The lowest BCUT2D eigenvalue weighted by atomic mass is 10.0. The van der Waals surface area contributed by atoms with Crippen LogP contribution in [0, 0.1) is 0 Å². The lowest BCUT2D eigenvalue weighted by Crippen LogP contribution is -2.47. The first-order valence-corrected chi connectivity index (χ1v) is 11.6. The highest BCUT2D eigenvalue weighted by Gasteiger charge is 2.28. The van der Waals surface area contributed by atoms with E-state index in [0.29, 0.717) is 43.0 Å². The van der Waals surface area contributed by atoms with Crippen LogP contribution >= 0.6 is 0 Å². The molecule has 2 amide bonds. The van der Waals surface area contributed by atoms with Gasteiger partial charge in [0.15, 0.2) is 0 Å². The number of carbonyl (C=O) groups excluding carboxylic acids is 2. The molecule has 8 nitrogen and oxygen atoms in total. The fraction of sp³-hybridized carbons (Fsp3) is 0.542. The summed E-state index contributed by atoms with van der Waals surface area (Å²) in [6, 6.07) is 9.23. The molecule has 8 heteroatoms. The summed E-state index contributed by atoms with van der Waals surface area (Å²) >= 11 is 0. The van der Waals surface area contributed by atoms with Crippen molar-refractivity contribution >= 4 is 22.7 Å². The Labute approximate surface area is 188 Å². The molecule has 2 aliphatic heterocycles. The lowest BCUT2D eigenvalue weighted by Gasteiger charge is -2.34. The number of carbonyl (C=O) groups is 2. The minimum Gasteiger partial charge on any atom is -0.395 e. The van der Waals surface area contributed by atoms with Crippen molar-refractivity contribution in [1.29, 1.82) is 0 Å². The van der Waals surface area contributed by atoms with Crippen LogP contribution in [0.15, 0.2) is 30.3 Å². The van der Waals surface area contributed by atoms with Gasteiger partial charge in [-0.25, -0.2) is 4.98 Å². The minimum absolute atomic E-state index is 0.124. The summed E-state index contributed by atoms with van der Waals surface area (Å²) in [6.07, 6.45) is 4.41. The van der Waals surface area contributed by atoms with Gasteiger partial charge in [0.1, 0.15) is 6.10 Å². The summed E-state index contributed by atoms with van der Waals surface area (Å²) in [7, 11) is 0. The second-order valence-corrected chi connectivity index (χ2v) is 8.48. The van der Waals surface area contributed by atoms with Gasteiger partial charge in [-0.3, -0.25) is 14.5 Å². The number of aromatic nitrogens is 1. The van der Waals surface area contributed by atoms with Crippen molar-refractivity contribution in [3.8, 4) is 0 Å². The predicted octanol–water partition coefficient (Wildman–Crippen LogP) is 1.73. The number of benzene rings is 1. The van der Waals surface area contributed by atoms with Crippen LogP contribution in [-0.4, -0.2) is 84.2 Å². The number of ether oxygens (including phenoxy) is 1. The van der Waals surface area contributed by atoms with E-state index in [2.05, 4.69) is 10.2 Å². The van der Waals surface area contributed by atoms with Gasteiger partial charge < -0.3 is 20.1 Å². The predicted molar refractivity (Wildman–Crippen MR) is 121 cm³/mol. The average Bonchev–Trinajstić information content (AvgIpc) is 3.10. The number of morpholine rings is 1. The molecule has 1 aromatic carbocycles. The van der Waals surface area contributed by atoms with Crippen LogP contribution in [0.3, 0.4) is 0 Å². The fourth-order valence-corrected chi connectivity index (χ4v) is 4.45. The van der Waals surface area contributed by atoms with Crippen LogP contribution in [0.1, 0.15) is 47.8 Å². The number of pyridine rings is 1. The molecule has 3 heterocycles. The molecule has 1 aromatic heterocycles. The third kappa shape index (κ3) is 5.43. The molecule has 1 atom stereocenters. The normalized spacial score (nSPS) is 20.2. The van der Waals surface area contributed by atoms with Crippen molar-refractivity contribution in [1.82, 2.24) is 20.1 Å². The Balaban J connectivity index is 1.51. The van der Waals surface area contributed by atoms with E-state index in [9.17, 15) is 9.59 Å². The van der Waals surface area contributed by atoms with Gasteiger partial charge in [0, 0.05) is 18.5 Å². The number of nitrogens with zero attached hydrogens (tertiary/aromatic N) is 3. The van der Waals surface area contributed by atoms with Gasteiger partial charge in [-0.05, 0) is 38.1 Å². The van der Waals surface area contributed by atoms with Crippen molar-refractivity contribution < 1.29 is 19.4 Å². The molecule has 4 rings (SSSR count). The number of hydrogen-bond donors (Lipinski definition) is 2. The van der Waals surface area contributed by atoms with E-state index in [-0.39, 0.29) is 31.1 Å². The maximum Gasteiger partial charge on any atom is 0.252 e. The van der Waals surface area contributed by atoms with Gasteiger partial charge in [-0.15, -0.1) is 0 Å². The topological polar surface area (TPSA) is 95.0 Å². The van der Waals surface area contributed by atoms with Crippen LogP contribution in [0.25, 0.3) is 10.9 Å². The van der Waals surface area contributed by atoms with Gasteiger partial charge >= 0.3 is 0 Å².